The highest BCUT2D eigenvalue weighted by atomic mass is 16.5. The third-order valence-corrected chi connectivity index (χ3v) is 3.51. The SMILES string of the molecule is Cc1cccc(CO)c1OCc1cncn1C1CC1. The number of ether oxygens (including phenoxy) is 1. The zero-order valence-electron chi connectivity index (χ0n) is 11.0. The van der Waals surface area contributed by atoms with Gasteiger partial charge in [-0.05, 0) is 25.3 Å². The lowest BCUT2D eigenvalue weighted by atomic mass is 10.1. The zero-order valence-corrected chi connectivity index (χ0v) is 11.0. The maximum absolute atomic E-state index is 9.36. The Bertz CT molecular complexity index is 573. The predicted molar refractivity (Wildman–Crippen MR) is 71.9 cm³/mol. The van der Waals surface area contributed by atoms with E-state index in [4.69, 9.17) is 4.74 Å². The van der Waals surface area contributed by atoms with E-state index in [1.165, 1.54) is 12.8 Å². The average Bonchev–Trinajstić information content (AvgIpc) is 3.16. The number of para-hydroxylation sites is 1. The molecule has 0 unspecified atom stereocenters. The molecule has 4 heteroatoms. The van der Waals surface area contributed by atoms with Crippen molar-refractivity contribution >= 4 is 0 Å². The molecule has 1 N–H and O–H groups in total. The summed E-state index contributed by atoms with van der Waals surface area (Å²) in [7, 11) is 0. The average molecular weight is 258 g/mol. The van der Waals surface area contributed by atoms with Gasteiger partial charge in [-0.3, -0.25) is 0 Å². The Morgan fingerprint density at radius 3 is 3.00 bits per heavy atom. The van der Waals surface area contributed by atoms with E-state index in [0.717, 1.165) is 22.6 Å². The van der Waals surface area contributed by atoms with Gasteiger partial charge in [-0.1, -0.05) is 18.2 Å². The van der Waals surface area contributed by atoms with Gasteiger partial charge in [0.15, 0.2) is 0 Å². The van der Waals surface area contributed by atoms with E-state index < -0.39 is 0 Å². The third-order valence-electron chi connectivity index (χ3n) is 3.51. The standard InChI is InChI=1S/C15H18N2O2/c1-11-3-2-4-12(8-18)15(11)19-9-14-7-16-10-17(14)13-5-6-13/h2-4,7,10,13,18H,5-6,8-9H2,1H3. The number of aromatic nitrogens is 2. The van der Waals surface area contributed by atoms with E-state index in [-0.39, 0.29) is 6.61 Å². The van der Waals surface area contributed by atoms with E-state index in [2.05, 4.69) is 9.55 Å². The molecule has 0 bridgehead atoms. The molecule has 100 valence electrons. The quantitative estimate of drug-likeness (QED) is 0.896. The van der Waals surface area contributed by atoms with E-state index >= 15 is 0 Å². The minimum absolute atomic E-state index is 0.00109. The van der Waals surface area contributed by atoms with Crippen molar-refractivity contribution in [2.45, 2.75) is 39.0 Å². The Balaban J connectivity index is 1.77. The Labute approximate surface area is 112 Å². The summed E-state index contributed by atoms with van der Waals surface area (Å²) in [5.74, 6) is 0.786. The molecule has 0 aliphatic heterocycles. The van der Waals surface area contributed by atoms with Crippen LogP contribution in [0.2, 0.25) is 0 Å². The molecule has 0 saturated heterocycles. The number of hydrogen-bond donors (Lipinski definition) is 1. The summed E-state index contributed by atoms with van der Waals surface area (Å²) in [5, 5.41) is 9.36. The molecule has 19 heavy (non-hydrogen) atoms. The monoisotopic (exact) mass is 258 g/mol. The molecule has 1 aliphatic rings. The first kappa shape index (κ1) is 12.2. The summed E-state index contributed by atoms with van der Waals surface area (Å²) in [6.45, 7) is 2.49. The molecule has 1 aromatic carbocycles. The van der Waals surface area contributed by atoms with Gasteiger partial charge in [0.1, 0.15) is 12.4 Å². The number of benzene rings is 1. The highest BCUT2D eigenvalue weighted by molar-refractivity contribution is 5.40. The van der Waals surface area contributed by atoms with Crippen molar-refractivity contribution in [2.24, 2.45) is 0 Å². The second-order valence-electron chi connectivity index (χ2n) is 5.03. The van der Waals surface area contributed by atoms with Crippen molar-refractivity contribution in [1.82, 2.24) is 9.55 Å². The van der Waals surface area contributed by atoms with E-state index in [1.807, 2.05) is 37.6 Å². The number of nitrogens with zero attached hydrogens (tertiary/aromatic N) is 2. The number of aliphatic hydroxyl groups is 1. The summed E-state index contributed by atoms with van der Waals surface area (Å²) < 4.78 is 8.09. The zero-order chi connectivity index (χ0) is 13.2. The van der Waals surface area contributed by atoms with Gasteiger partial charge in [0.2, 0.25) is 0 Å². The van der Waals surface area contributed by atoms with Crippen LogP contribution in [0.4, 0.5) is 0 Å². The van der Waals surface area contributed by atoms with Gasteiger partial charge in [-0.2, -0.15) is 0 Å². The molecule has 1 fully saturated rings. The first-order chi connectivity index (χ1) is 9.29. The summed E-state index contributed by atoms with van der Waals surface area (Å²) in [6.07, 6.45) is 6.20. The van der Waals surface area contributed by atoms with E-state index in [1.54, 1.807) is 0 Å². The fourth-order valence-electron chi connectivity index (χ4n) is 2.32. The van der Waals surface area contributed by atoms with E-state index in [9.17, 15) is 5.11 Å². The van der Waals surface area contributed by atoms with Crippen molar-refractivity contribution in [3.8, 4) is 5.75 Å². The smallest absolute Gasteiger partial charge is 0.130 e. The molecular formula is C15H18N2O2. The minimum atomic E-state index is -0.00109. The highest BCUT2D eigenvalue weighted by Crippen LogP contribution is 2.36. The first-order valence-electron chi connectivity index (χ1n) is 6.62. The molecule has 1 aromatic heterocycles. The molecule has 1 saturated carbocycles. The summed E-state index contributed by atoms with van der Waals surface area (Å²) >= 11 is 0. The lowest BCUT2D eigenvalue weighted by Crippen LogP contribution is -2.05. The number of aliphatic hydroxyl groups excluding tert-OH is 1. The maximum atomic E-state index is 9.36. The predicted octanol–water partition coefficient (Wildman–Crippen LogP) is 2.60. The second-order valence-corrected chi connectivity index (χ2v) is 5.03. The van der Waals surface area contributed by atoms with Crippen LogP contribution in [0.15, 0.2) is 30.7 Å². The topological polar surface area (TPSA) is 47.3 Å². The van der Waals surface area contributed by atoms with Crippen molar-refractivity contribution in [3.05, 3.63) is 47.5 Å². The van der Waals surface area contributed by atoms with Gasteiger partial charge in [-0.25, -0.2) is 4.98 Å². The van der Waals surface area contributed by atoms with Crippen molar-refractivity contribution in [1.29, 1.82) is 0 Å². The van der Waals surface area contributed by atoms with Crippen LogP contribution < -0.4 is 4.74 Å². The Kier molecular flexibility index (Phi) is 3.25. The molecular weight excluding hydrogens is 240 g/mol. The molecule has 2 aromatic rings. The molecule has 0 radical (unpaired) electrons. The number of aryl methyl sites for hydroxylation is 1. The van der Waals surface area contributed by atoms with Gasteiger partial charge in [0.25, 0.3) is 0 Å². The minimum Gasteiger partial charge on any atom is -0.487 e. The second kappa shape index (κ2) is 5.05. The van der Waals surface area contributed by atoms with Gasteiger partial charge >= 0.3 is 0 Å². The number of hydrogen-bond acceptors (Lipinski definition) is 3. The molecule has 0 atom stereocenters. The van der Waals surface area contributed by atoms with Crippen LogP contribution in [-0.4, -0.2) is 14.7 Å². The number of imidazole rings is 1. The molecule has 0 spiro atoms. The van der Waals surface area contributed by atoms with E-state index in [0.29, 0.717) is 12.6 Å². The molecule has 0 amide bonds. The largest absolute Gasteiger partial charge is 0.487 e. The van der Waals surface area contributed by atoms with Crippen molar-refractivity contribution in [2.75, 3.05) is 0 Å². The van der Waals surface area contributed by atoms with Crippen molar-refractivity contribution < 1.29 is 9.84 Å². The summed E-state index contributed by atoms with van der Waals surface area (Å²) in [5.41, 5.74) is 2.97. The van der Waals surface area contributed by atoms with Crippen LogP contribution in [0.3, 0.4) is 0 Å². The molecule has 1 heterocycles. The van der Waals surface area contributed by atoms with Crippen LogP contribution in [0, 0.1) is 6.92 Å². The lowest BCUT2D eigenvalue weighted by Gasteiger charge is -2.13. The van der Waals surface area contributed by atoms with Crippen LogP contribution in [0.25, 0.3) is 0 Å². The normalized spacial score (nSPS) is 14.6. The summed E-state index contributed by atoms with van der Waals surface area (Å²) in [6, 6.07) is 6.42. The Morgan fingerprint density at radius 2 is 2.26 bits per heavy atom. The third kappa shape index (κ3) is 2.49. The van der Waals surface area contributed by atoms with Gasteiger partial charge in [0.05, 0.1) is 24.8 Å². The van der Waals surface area contributed by atoms with Gasteiger partial charge < -0.3 is 14.4 Å². The number of rotatable bonds is 5. The van der Waals surface area contributed by atoms with Gasteiger partial charge in [0, 0.05) is 11.6 Å². The van der Waals surface area contributed by atoms with Crippen LogP contribution in [0.5, 0.6) is 5.75 Å². The van der Waals surface area contributed by atoms with Crippen LogP contribution >= 0.6 is 0 Å². The summed E-state index contributed by atoms with van der Waals surface area (Å²) in [4.78, 5) is 4.19. The Hall–Kier alpha value is -1.81. The van der Waals surface area contributed by atoms with Crippen molar-refractivity contribution in [3.63, 3.8) is 0 Å². The molecule has 3 rings (SSSR count). The molecule has 1 aliphatic carbocycles. The van der Waals surface area contributed by atoms with Gasteiger partial charge in [-0.15, -0.1) is 0 Å². The lowest BCUT2D eigenvalue weighted by molar-refractivity contribution is 0.254. The fraction of sp³-hybridized carbons (Fsp3) is 0.400. The van der Waals surface area contributed by atoms with Crippen LogP contribution in [-0.2, 0) is 13.2 Å². The maximum Gasteiger partial charge on any atom is 0.130 e. The fourth-order valence-corrected chi connectivity index (χ4v) is 2.32. The Morgan fingerprint density at radius 1 is 1.42 bits per heavy atom. The van der Waals surface area contributed by atoms with Crippen LogP contribution in [0.1, 0.15) is 35.7 Å². The highest BCUT2D eigenvalue weighted by Gasteiger charge is 2.25. The first-order valence-corrected chi connectivity index (χ1v) is 6.62. The molecule has 4 nitrogen and oxygen atoms in total.